The molecule has 214 valence electrons. The maximum atomic E-state index is 7.18. The Bertz CT molecular complexity index is 739. The highest BCUT2D eigenvalue weighted by molar-refractivity contribution is 8.01. The topological polar surface area (TPSA) is 55.4 Å². The van der Waals surface area contributed by atoms with Crippen LogP contribution in [0.4, 0.5) is 0 Å². The van der Waals surface area contributed by atoms with Gasteiger partial charge in [-0.2, -0.15) is 0 Å². The molecule has 1 aromatic carbocycles. The van der Waals surface area contributed by atoms with Crippen LogP contribution in [0.2, 0.25) is 0 Å². The maximum Gasteiger partial charge on any atom is 0.161 e. The second-order valence-electron chi connectivity index (χ2n) is 11.9. The molecule has 0 fully saturated rings. The van der Waals surface area contributed by atoms with Crippen molar-refractivity contribution in [3.05, 3.63) is 24.3 Å². The van der Waals surface area contributed by atoms with Crippen molar-refractivity contribution in [2.45, 2.75) is 51.9 Å². The second kappa shape index (κ2) is 16.2. The minimum absolute atomic E-state index is 0.0335. The monoisotopic (exact) mass is 566 g/mol. The Hall–Kier alpha value is -0.350. The molecule has 0 amide bonds. The van der Waals surface area contributed by atoms with Crippen LogP contribution in [0, 0.1) is 0 Å². The Morgan fingerprint density at radius 2 is 0.816 bits per heavy atom. The van der Waals surface area contributed by atoms with Crippen molar-refractivity contribution in [3.8, 4) is 11.5 Å². The molecule has 1 heterocycles. The molecule has 2 rings (SSSR count). The molecule has 1 aliphatic rings. The minimum atomic E-state index is -1.78. The van der Waals surface area contributed by atoms with E-state index in [2.05, 4.69) is 41.5 Å². The lowest BCUT2D eigenvalue weighted by atomic mass is 10.2. The molecule has 1 aromatic rings. The Morgan fingerprint density at radius 3 is 1.16 bits per heavy atom. The van der Waals surface area contributed by atoms with E-state index in [9.17, 15) is 0 Å². The predicted molar refractivity (Wildman–Crippen MR) is 165 cm³/mol. The Labute approximate surface area is 236 Å². The lowest BCUT2D eigenvalue weighted by Gasteiger charge is -2.53. The van der Waals surface area contributed by atoms with Gasteiger partial charge >= 0.3 is 0 Å². The third-order valence-electron chi connectivity index (χ3n) is 7.40. The number of benzene rings is 1. The van der Waals surface area contributed by atoms with Gasteiger partial charge in [-0.1, -0.05) is 12.1 Å². The summed E-state index contributed by atoms with van der Waals surface area (Å²) in [6.07, 6.45) is 3.71. The zero-order valence-electron chi connectivity index (χ0n) is 24.7. The maximum absolute atomic E-state index is 7.18. The van der Waals surface area contributed by atoms with Gasteiger partial charge in [0.2, 0.25) is 0 Å². The van der Waals surface area contributed by atoms with Crippen molar-refractivity contribution in [1.29, 1.82) is 0 Å². The van der Waals surface area contributed by atoms with E-state index in [1.165, 1.54) is 0 Å². The lowest BCUT2D eigenvalue weighted by molar-refractivity contribution is 0.0374. The molecule has 38 heavy (non-hydrogen) atoms. The van der Waals surface area contributed by atoms with E-state index in [-0.39, 0.29) is 10.3 Å². The van der Waals surface area contributed by atoms with Gasteiger partial charge < -0.3 is 43.6 Å². The fraction of sp³-hybridized carbons (Fsp3) is 0.786. The predicted octanol–water partition coefficient (Wildman–Crippen LogP) is 5.32. The van der Waals surface area contributed by atoms with Gasteiger partial charge in [0.25, 0.3) is 0 Å². The van der Waals surface area contributed by atoms with Crippen LogP contribution in [0.3, 0.4) is 0 Å². The van der Waals surface area contributed by atoms with Crippen molar-refractivity contribution in [2.75, 3.05) is 90.7 Å². The highest BCUT2D eigenvalue weighted by Gasteiger charge is 2.38. The van der Waals surface area contributed by atoms with Gasteiger partial charge in [-0.3, -0.25) is 0 Å². The fourth-order valence-electron chi connectivity index (χ4n) is 4.13. The Balaban J connectivity index is 2.02. The van der Waals surface area contributed by atoms with Crippen LogP contribution in [-0.4, -0.2) is 116 Å². The Morgan fingerprint density at radius 1 is 0.500 bits per heavy atom. The molecule has 10 heteroatoms. The highest BCUT2D eigenvalue weighted by Crippen LogP contribution is 2.71. The van der Waals surface area contributed by atoms with Gasteiger partial charge in [-0.15, -0.1) is 0 Å². The zero-order chi connectivity index (χ0) is 28.1. The fourth-order valence-corrected chi connectivity index (χ4v) is 11.0. The molecule has 0 N–H and O–H groups in total. The van der Waals surface area contributed by atoms with Crippen LogP contribution in [0.1, 0.15) is 41.5 Å². The third-order valence-corrected chi connectivity index (χ3v) is 17.1. The summed E-state index contributed by atoms with van der Waals surface area (Å²) in [6, 6.07) is 7.64. The van der Waals surface area contributed by atoms with Crippen molar-refractivity contribution < 1.29 is 28.4 Å². The van der Waals surface area contributed by atoms with Crippen LogP contribution in [0.25, 0.3) is 0 Å². The molecule has 2 unspecified atom stereocenters. The van der Waals surface area contributed by atoms with E-state index in [1.54, 1.807) is 0 Å². The highest BCUT2D eigenvalue weighted by atomic mass is 31.2. The summed E-state index contributed by atoms with van der Waals surface area (Å²) in [5.41, 5.74) is 0. The molecular formula is C28H50B2O6P2. The van der Waals surface area contributed by atoms with Gasteiger partial charge in [0.1, 0.15) is 13.2 Å². The summed E-state index contributed by atoms with van der Waals surface area (Å²) >= 11 is 0. The van der Waals surface area contributed by atoms with Gasteiger partial charge in [0.05, 0.1) is 52.9 Å². The van der Waals surface area contributed by atoms with Crippen LogP contribution in [0.15, 0.2) is 24.3 Å². The SMILES string of the molecule is [B-][P+]1(C(C)(C)C)CCOCCOCCOc2ccccc2OCCOCCOCC[P+]([B-])(C(C)(C)C)CC1. The first-order chi connectivity index (χ1) is 17.9. The van der Waals surface area contributed by atoms with Gasteiger partial charge in [-0.25, -0.2) is 14.3 Å². The van der Waals surface area contributed by atoms with Gasteiger partial charge in [0.15, 0.2) is 11.5 Å². The lowest BCUT2D eigenvalue weighted by Crippen LogP contribution is -2.33. The normalized spacial score (nSPS) is 27.3. The van der Waals surface area contributed by atoms with Crippen molar-refractivity contribution in [2.24, 2.45) is 0 Å². The van der Waals surface area contributed by atoms with E-state index in [1.807, 2.05) is 24.3 Å². The summed E-state index contributed by atoms with van der Waals surface area (Å²) in [5.74, 6) is 1.39. The number of hydrogen-bond donors (Lipinski definition) is 0. The number of hydrogen-bond acceptors (Lipinski definition) is 6. The zero-order valence-corrected chi connectivity index (χ0v) is 26.5. The first kappa shape index (κ1) is 33.9. The van der Waals surface area contributed by atoms with Crippen LogP contribution >= 0.6 is 14.3 Å². The number of fused-ring (bicyclic) bond motifs is 1. The summed E-state index contributed by atoms with van der Waals surface area (Å²) in [5, 5.41) is 0.0669. The largest absolute Gasteiger partial charge is 0.487 e. The molecule has 6 radical (unpaired) electrons. The van der Waals surface area contributed by atoms with Crippen LogP contribution in [0.5, 0.6) is 11.5 Å². The number of para-hydroxylation sites is 2. The van der Waals surface area contributed by atoms with Gasteiger partial charge in [-0.05, 0) is 53.7 Å². The summed E-state index contributed by atoms with van der Waals surface area (Å²) in [6.45, 7) is 18.8. The van der Waals surface area contributed by atoms with Crippen molar-refractivity contribution >= 4 is 29.4 Å². The Kier molecular flexibility index (Phi) is 14.4. The summed E-state index contributed by atoms with van der Waals surface area (Å²) < 4.78 is 35.0. The quantitative estimate of drug-likeness (QED) is 0.313. The molecule has 0 saturated heterocycles. The smallest absolute Gasteiger partial charge is 0.161 e. The van der Waals surface area contributed by atoms with Gasteiger partial charge in [0, 0.05) is 35.0 Å². The molecule has 0 spiro atoms. The number of rotatable bonds is 0. The molecule has 0 aliphatic carbocycles. The average molecular weight is 566 g/mol. The molecule has 0 aromatic heterocycles. The summed E-state index contributed by atoms with van der Waals surface area (Å²) in [4.78, 5) is 0. The van der Waals surface area contributed by atoms with Crippen LogP contribution < -0.4 is 9.47 Å². The molecule has 0 saturated carbocycles. The minimum Gasteiger partial charge on any atom is -0.487 e. The standard InChI is InChI=1S/C28H50B2O6P2/c1-27(2,3)37(29)21-19-33-13-11-31-15-17-35-25-9-7-8-10-26(25)36-18-16-32-12-14-34-20-22-38(30,24-23-37)28(4,5)6/h7-10H,11-24H2,1-6H3. The van der Waals surface area contributed by atoms with Crippen LogP contribution in [-0.2, 0) is 18.9 Å². The van der Waals surface area contributed by atoms with E-state index >= 15 is 0 Å². The molecule has 0 bridgehead atoms. The first-order valence-corrected chi connectivity index (χ1v) is 18.3. The molecule has 1 aliphatic heterocycles. The molecule has 6 nitrogen and oxygen atoms in total. The first-order valence-electron chi connectivity index (χ1n) is 13.9. The molecular weight excluding hydrogens is 516 g/mol. The van der Waals surface area contributed by atoms with E-state index in [0.29, 0.717) is 77.6 Å². The second-order valence-corrected chi connectivity index (χ2v) is 20.5. The van der Waals surface area contributed by atoms with Crippen molar-refractivity contribution in [1.82, 2.24) is 0 Å². The number of ether oxygens (including phenoxy) is 6. The van der Waals surface area contributed by atoms with E-state index < -0.39 is 14.3 Å². The van der Waals surface area contributed by atoms with E-state index in [4.69, 9.17) is 43.6 Å². The summed E-state index contributed by atoms with van der Waals surface area (Å²) in [7, 11) is 10.8. The third kappa shape index (κ3) is 11.3. The molecule has 2 atom stereocenters. The average Bonchev–Trinajstić information content (AvgIpc) is 2.84. The van der Waals surface area contributed by atoms with Crippen molar-refractivity contribution in [3.63, 3.8) is 0 Å². The van der Waals surface area contributed by atoms with E-state index in [0.717, 1.165) is 24.6 Å².